The van der Waals surface area contributed by atoms with E-state index in [1.54, 1.807) is 14.2 Å². The molecule has 0 aliphatic carbocycles. The number of carbonyl (C=O) groups excluding carboxylic acids is 1. The van der Waals surface area contributed by atoms with Crippen LogP contribution >= 0.6 is 0 Å². The molecule has 2 aromatic carbocycles. The van der Waals surface area contributed by atoms with E-state index in [1.807, 2.05) is 60.7 Å². The first-order chi connectivity index (χ1) is 13.2. The minimum Gasteiger partial charge on any atom is -0.501 e. The molecule has 0 amide bonds. The fourth-order valence-corrected chi connectivity index (χ4v) is 2.73. The molecule has 27 heavy (non-hydrogen) atoms. The number of esters is 1. The summed E-state index contributed by atoms with van der Waals surface area (Å²) in [5, 5.41) is 0. The van der Waals surface area contributed by atoms with E-state index in [2.05, 4.69) is 0 Å². The van der Waals surface area contributed by atoms with Crippen molar-refractivity contribution in [2.24, 2.45) is 0 Å². The summed E-state index contributed by atoms with van der Waals surface area (Å²) in [5.41, 5.74) is 2.00. The average molecular weight is 366 g/mol. The molecule has 0 radical (unpaired) electrons. The number of rotatable bonds is 7. The topological polar surface area (TPSA) is 54.0 Å². The summed E-state index contributed by atoms with van der Waals surface area (Å²) in [7, 11) is 3.16. The van der Waals surface area contributed by atoms with E-state index >= 15 is 0 Å². The highest BCUT2D eigenvalue weighted by atomic mass is 16.5. The number of ether oxygens (including phenoxy) is 4. The predicted octanol–water partition coefficient (Wildman–Crippen LogP) is 4.13. The van der Waals surface area contributed by atoms with Crippen molar-refractivity contribution in [3.63, 3.8) is 0 Å². The van der Waals surface area contributed by atoms with Gasteiger partial charge in [0.1, 0.15) is 18.5 Å². The Morgan fingerprint density at radius 1 is 1.07 bits per heavy atom. The van der Waals surface area contributed by atoms with E-state index in [-0.39, 0.29) is 6.10 Å². The molecule has 0 N–H and O–H groups in total. The fraction of sp³-hybridized carbons (Fsp3) is 0.227. The minimum absolute atomic E-state index is 0.353. The summed E-state index contributed by atoms with van der Waals surface area (Å²) in [6.07, 6.45) is 5.27. The monoisotopic (exact) mass is 366 g/mol. The molecule has 1 unspecified atom stereocenters. The van der Waals surface area contributed by atoms with Gasteiger partial charge in [0.25, 0.3) is 0 Å². The lowest BCUT2D eigenvalue weighted by atomic mass is 10.1. The highest BCUT2D eigenvalue weighted by Gasteiger charge is 2.19. The van der Waals surface area contributed by atoms with Crippen LogP contribution in [0.25, 0.3) is 6.08 Å². The molecular formula is C22H22O5. The van der Waals surface area contributed by atoms with E-state index in [9.17, 15) is 4.79 Å². The molecule has 140 valence electrons. The van der Waals surface area contributed by atoms with Gasteiger partial charge in [-0.05, 0) is 29.3 Å². The second-order valence-electron chi connectivity index (χ2n) is 6.04. The molecule has 0 spiro atoms. The summed E-state index contributed by atoms with van der Waals surface area (Å²) >= 11 is 0. The summed E-state index contributed by atoms with van der Waals surface area (Å²) in [5.74, 6) is 1.54. The molecule has 0 bridgehead atoms. The second kappa shape index (κ2) is 8.94. The van der Waals surface area contributed by atoms with Gasteiger partial charge >= 0.3 is 5.97 Å². The van der Waals surface area contributed by atoms with Gasteiger partial charge in [0, 0.05) is 6.42 Å². The maximum atomic E-state index is 11.6. The number of cyclic esters (lactones) is 1. The highest BCUT2D eigenvalue weighted by Crippen LogP contribution is 2.29. The number of methoxy groups -OCH3 is 2. The fourth-order valence-electron chi connectivity index (χ4n) is 2.73. The van der Waals surface area contributed by atoms with Crippen molar-refractivity contribution in [1.29, 1.82) is 0 Å². The molecule has 3 rings (SSSR count). The van der Waals surface area contributed by atoms with Crippen molar-refractivity contribution in [3.8, 4) is 11.5 Å². The maximum absolute atomic E-state index is 11.6. The Kier molecular flexibility index (Phi) is 6.15. The first-order valence-corrected chi connectivity index (χ1v) is 8.66. The van der Waals surface area contributed by atoms with Crippen molar-refractivity contribution in [3.05, 3.63) is 77.6 Å². The van der Waals surface area contributed by atoms with E-state index in [1.165, 1.54) is 6.08 Å². The smallest absolute Gasteiger partial charge is 0.334 e. The van der Waals surface area contributed by atoms with Crippen LogP contribution in [0.3, 0.4) is 0 Å². The van der Waals surface area contributed by atoms with Gasteiger partial charge in [0.2, 0.25) is 0 Å². The summed E-state index contributed by atoms with van der Waals surface area (Å²) in [6.45, 7) is 0.451. The third-order valence-corrected chi connectivity index (χ3v) is 4.14. The molecule has 1 atom stereocenters. The Hall–Kier alpha value is -3.21. The van der Waals surface area contributed by atoms with Crippen LogP contribution in [0.5, 0.6) is 11.5 Å². The van der Waals surface area contributed by atoms with Crippen molar-refractivity contribution >= 4 is 12.0 Å². The van der Waals surface area contributed by atoms with Gasteiger partial charge in [-0.25, -0.2) is 4.79 Å². The first-order valence-electron chi connectivity index (χ1n) is 8.66. The van der Waals surface area contributed by atoms with Crippen LogP contribution in [0, 0.1) is 0 Å². The van der Waals surface area contributed by atoms with E-state index in [0.717, 1.165) is 11.1 Å². The van der Waals surface area contributed by atoms with Crippen LogP contribution < -0.4 is 9.47 Å². The van der Waals surface area contributed by atoms with Crippen LogP contribution in [0.15, 0.2) is 66.4 Å². The quantitative estimate of drug-likeness (QED) is 0.690. The number of hydrogen-bond acceptors (Lipinski definition) is 5. The van der Waals surface area contributed by atoms with Crippen LogP contribution in [0.2, 0.25) is 0 Å². The number of carbonyl (C=O) groups is 1. The van der Waals surface area contributed by atoms with Crippen LogP contribution in [-0.4, -0.2) is 26.3 Å². The molecule has 0 saturated heterocycles. The molecule has 1 aliphatic heterocycles. The van der Waals surface area contributed by atoms with Crippen LogP contribution in [-0.2, 0) is 20.9 Å². The van der Waals surface area contributed by atoms with Crippen LogP contribution in [0.1, 0.15) is 17.5 Å². The Bertz CT molecular complexity index is 839. The summed E-state index contributed by atoms with van der Waals surface area (Å²) in [4.78, 5) is 11.6. The molecule has 5 nitrogen and oxygen atoms in total. The molecule has 0 saturated carbocycles. The standard InChI is InChI=1S/C22H22O5/c1-24-19-13-18(27-22(23)14-19)10-8-16-9-11-20(25-2)21(12-16)26-15-17-6-4-3-5-7-17/h3-12,14,18H,13,15H2,1-2H3/b10-8+. The average Bonchev–Trinajstić information content (AvgIpc) is 2.71. The lowest BCUT2D eigenvalue weighted by molar-refractivity contribution is -0.142. The zero-order valence-corrected chi connectivity index (χ0v) is 15.4. The molecule has 2 aromatic rings. The van der Waals surface area contributed by atoms with Gasteiger partial charge in [-0.15, -0.1) is 0 Å². The Labute approximate surface area is 158 Å². The number of benzene rings is 2. The summed E-state index contributed by atoms with van der Waals surface area (Å²) < 4.78 is 21.7. The highest BCUT2D eigenvalue weighted by molar-refractivity contribution is 5.83. The number of hydrogen-bond donors (Lipinski definition) is 0. The van der Waals surface area contributed by atoms with Gasteiger partial charge in [0.05, 0.1) is 20.3 Å². The molecular weight excluding hydrogens is 344 g/mol. The van der Waals surface area contributed by atoms with Crippen LogP contribution in [0.4, 0.5) is 0 Å². The molecule has 1 aliphatic rings. The maximum Gasteiger partial charge on any atom is 0.334 e. The zero-order chi connectivity index (χ0) is 19.1. The van der Waals surface area contributed by atoms with Gasteiger partial charge < -0.3 is 18.9 Å². The van der Waals surface area contributed by atoms with E-state index in [0.29, 0.717) is 30.3 Å². The van der Waals surface area contributed by atoms with Gasteiger partial charge in [0.15, 0.2) is 11.5 Å². The Morgan fingerprint density at radius 3 is 2.63 bits per heavy atom. The molecule has 0 aromatic heterocycles. The van der Waals surface area contributed by atoms with E-state index < -0.39 is 5.97 Å². The van der Waals surface area contributed by atoms with Crippen molar-refractivity contribution in [1.82, 2.24) is 0 Å². The van der Waals surface area contributed by atoms with Crippen molar-refractivity contribution < 1.29 is 23.7 Å². The Balaban J connectivity index is 1.71. The zero-order valence-electron chi connectivity index (χ0n) is 15.4. The lowest BCUT2D eigenvalue weighted by Crippen LogP contribution is -2.21. The lowest BCUT2D eigenvalue weighted by Gasteiger charge is -2.19. The third-order valence-electron chi connectivity index (χ3n) is 4.14. The predicted molar refractivity (Wildman–Crippen MR) is 102 cm³/mol. The third kappa shape index (κ3) is 5.14. The largest absolute Gasteiger partial charge is 0.501 e. The van der Waals surface area contributed by atoms with Gasteiger partial charge in [-0.1, -0.05) is 42.5 Å². The SMILES string of the molecule is COC1=CC(=O)OC(/C=C/c2ccc(OC)c(OCc3ccccc3)c2)C1. The van der Waals surface area contributed by atoms with Crippen molar-refractivity contribution in [2.45, 2.75) is 19.1 Å². The minimum atomic E-state index is -0.394. The second-order valence-corrected chi connectivity index (χ2v) is 6.04. The van der Waals surface area contributed by atoms with E-state index in [4.69, 9.17) is 18.9 Å². The molecule has 1 heterocycles. The van der Waals surface area contributed by atoms with Gasteiger partial charge in [-0.3, -0.25) is 0 Å². The Morgan fingerprint density at radius 2 is 1.89 bits per heavy atom. The van der Waals surface area contributed by atoms with Gasteiger partial charge in [-0.2, -0.15) is 0 Å². The summed E-state index contributed by atoms with van der Waals surface area (Å²) in [6, 6.07) is 15.6. The first kappa shape index (κ1) is 18.6. The normalized spacial score (nSPS) is 16.6. The molecule has 5 heteroatoms. The molecule has 0 fully saturated rings. The van der Waals surface area contributed by atoms with Crippen molar-refractivity contribution in [2.75, 3.05) is 14.2 Å².